The fourth-order valence-corrected chi connectivity index (χ4v) is 8.08. The normalized spacial score (nSPS) is 43.3. The number of ether oxygens (including phenoxy) is 1. The van der Waals surface area contributed by atoms with Crippen molar-refractivity contribution in [3.05, 3.63) is 29.8 Å². The van der Waals surface area contributed by atoms with Crippen molar-refractivity contribution < 1.29 is 9.84 Å². The van der Waals surface area contributed by atoms with Gasteiger partial charge in [0.25, 0.3) is 0 Å². The molecule has 2 unspecified atom stereocenters. The van der Waals surface area contributed by atoms with Gasteiger partial charge in [-0.2, -0.15) is 0 Å². The summed E-state index contributed by atoms with van der Waals surface area (Å²) in [6.07, 6.45) is 8.02. The minimum atomic E-state index is -0.402. The Morgan fingerprint density at radius 2 is 1.74 bits per heavy atom. The molecule has 0 radical (unpaired) electrons. The van der Waals surface area contributed by atoms with E-state index in [1.807, 2.05) is 0 Å². The van der Waals surface area contributed by atoms with Crippen LogP contribution in [0.2, 0.25) is 0 Å². The van der Waals surface area contributed by atoms with Crippen LogP contribution in [-0.4, -0.2) is 42.4 Å². The van der Waals surface area contributed by atoms with Crippen molar-refractivity contribution in [1.82, 2.24) is 4.90 Å². The lowest BCUT2D eigenvalue weighted by atomic mass is 9.12. The van der Waals surface area contributed by atoms with E-state index in [2.05, 4.69) is 36.1 Å². The maximum Gasteiger partial charge on any atom is 0.119 e. The molecule has 4 aliphatic carbocycles. The highest BCUT2D eigenvalue weighted by atomic mass is 16.5. The van der Waals surface area contributed by atoms with Crippen LogP contribution >= 0.6 is 0 Å². The van der Waals surface area contributed by atoms with E-state index >= 15 is 0 Å². The lowest BCUT2D eigenvalue weighted by Crippen LogP contribution is -2.87. The lowest BCUT2D eigenvalue weighted by Gasteiger charge is -2.91. The molecule has 0 amide bonds. The van der Waals surface area contributed by atoms with Crippen LogP contribution in [0.3, 0.4) is 0 Å². The highest BCUT2D eigenvalue weighted by molar-refractivity contribution is 5.48. The number of rotatable bonds is 6. The van der Waals surface area contributed by atoms with E-state index in [9.17, 15) is 5.11 Å². The highest BCUT2D eigenvalue weighted by Crippen LogP contribution is 2.92. The van der Waals surface area contributed by atoms with Gasteiger partial charge in [0.15, 0.2) is 0 Å². The first-order chi connectivity index (χ1) is 13.1. The van der Waals surface area contributed by atoms with E-state index in [4.69, 9.17) is 4.74 Å². The smallest absolute Gasteiger partial charge is 0.119 e. The van der Waals surface area contributed by atoms with Gasteiger partial charge in [-0.25, -0.2) is 0 Å². The van der Waals surface area contributed by atoms with Gasteiger partial charge in [0, 0.05) is 12.0 Å². The standard InChI is InChI=1S/C24H33NO2/c1-16-6-8-25(9-7-16)14-21(26)15-27-22-4-2-17(3-5-22)23-12-19-10-18-11-20(13-23)24(18,19)23/h2-5,16,18-21,26H,6-15H2,1H3/t18?,19?,20?,21-,23?,24?/m1/s1. The maximum atomic E-state index is 10.3. The lowest BCUT2D eigenvalue weighted by molar-refractivity contribution is -0.395. The number of hydrogen-bond acceptors (Lipinski definition) is 3. The number of aliphatic hydroxyl groups is 1. The Kier molecular flexibility index (Phi) is 3.58. The van der Waals surface area contributed by atoms with Gasteiger partial charge >= 0.3 is 0 Å². The van der Waals surface area contributed by atoms with E-state index in [0.29, 0.717) is 12.0 Å². The molecular weight excluding hydrogens is 334 g/mol. The Bertz CT molecular complexity index is 695. The summed E-state index contributed by atoms with van der Waals surface area (Å²) >= 11 is 0. The molecule has 5 fully saturated rings. The second kappa shape index (κ2) is 5.73. The molecule has 3 nitrogen and oxygen atoms in total. The Hall–Kier alpha value is -1.06. The number of nitrogens with zero attached hydrogens (tertiary/aromatic N) is 1. The van der Waals surface area contributed by atoms with Crippen LogP contribution in [0.1, 0.15) is 51.0 Å². The topological polar surface area (TPSA) is 32.7 Å². The molecule has 5 aliphatic rings. The zero-order valence-corrected chi connectivity index (χ0v) is 16.6. The second-order valence-electron chi connectivity index (χ2n) is 10.5. The van der Waals surface area contributed by atoms with Crippen LogP contribution in [0.5, 0.6) is 5.75 Å². The third kappa shape index (κ3) is 2.11. The van der Waals surface area contributed by atoms with E-state index < -0.39 is 6.10 Å². The molecule has 6 rings (SSSR count). The van der Waals surface area contributed by atoms with Gasteiger partial charge in [0.05, 0.1) is 0 Å². The van der Waals surface area contributed by atoms with E-state index in [1.165, 1.54) is 38.5 Å². The fourth-order valence-electron chi connectivity index (χ4n) is 8.08. The minimum absolute atomic E-state index is 0.396. The molecule has 3 heteroatoms. The average molecular weight is 368 g/mol. The summed E-state index contributed by atoms with van der Waals surface area (Å²) in [5.74, 6) is 4.90. The van der Waals surface area contributed by atoms with E-state index in [-0.39, 0.29) is 0 Å². The maximum absolute atomic E-state index is 10.3. The summed E-state index contributed by atoms with van der Waals surface area (Å²) in [5, 5.41) is 10.3. The molecule has 1 spiro atoms. The van der Waals surface area contributed by atoms with Crippen molar-refractivity contribution >= 4 is 0 Å². The summed E-state index contributed by atoms with van der Waals surface area (Å²) in [4.78, 5) is 2.38. The third-order valence-electron chi connectivity index (χ3n) is 9.38. The molecule has 27 heavy (non-hydrogen) atoms. The van der Waals surface area contributed by atoms with Crippen LogP contribution in [0, 0.1) is 29.1 Å². The first-order valence-electron chi connectivity index (χ1n) is 11.3. The molecule has 0 aromatic heterocycles. The van der Waals surface area contributed by atoms with Crippen molar-refractivity contribution in [3.63, 3.8) is 0 Å². The summed E-state index contributed by atoms with van der Waals surface area (Å²) in [6.45, 7) is 5.68. The number of likely N-dealkylation sites (tertiary alicyclic amines) is 1. The van der Waals surface area contributed by atoms with Crippen molar-refractivity contribution in [3.8, 4) is 5.75 Å². The number of benzene rings is 1. The molecular formula is C24H33NO2. The van der Waals surface area contributed by atoms with Crippen LogP contribution in [0.4, 0.5) is 0 Å². The monoisotopic (exact) mass is 367 g/mol. The van der Waals surface area contributed by atoms with Crippen molar-refractivity contribution in [1.29, 1.82) is 0 Å². The van der Waals surface area contributed by atoms with Gasteiger partial charge in [-0.05, 0) is 98.4 Å². The van der Waals surface area contributed by atoms with Gasteiger partial charge in [-0.15, -0.1) is 0 Å². The number of aliphatic hydroxyl groups excluding tert-OH is 1. The third-order valence-corrected chi connectivity index (χ3v) is 9.38. The van der Waals surface area contributed by atoms with Gasteiger partial charge in [-0.1, -0.05) is 19.1 Å². The van der Waals surface area contributed by atoms with Crippen molar-refractivity contribution in [2.75, 3.05) is 26.2 Å². The molecule has 0 bridgehead atoms. The number of hydrogen-bond donors (Lipinski definition) is 1. The van der Waals surface area contributed by atoms with Crippen molar-refractivity contribution in [2.45, 2.75) is 57.0 Å². The fraction of sp³-hybridized carbons (Fsp3) is 0.750. The molecule has 1 heterocycles. The second-order valence-corrected chi connectivity index (χ2v) is 10.5. The Morgan fingerprint density at radius 3 is 2.33 bits per heavy atom. The van der Waals surface area contributed by atoms with Crippen LogP contribution in [0.25, 0.3) is 0 Å². The average Bonchev–Trinajstić information content (AvgIpc) is 2.60. The molecule has 1 aliphatic heterocycles. The first kappa shape index (κ1) is 16.9. The summed E-state index contributed by atoms with van der Waals surface area (Å²) < 4.78 is 5.91. The predicted octanol–water partition coefficient (Wildman–Crippen LogP) is 3.85. The van der Waals surface area contributed by atoms with Gasteiger partial charge < -0.3 is 14.7 Å². The summed E-state index contributed by atoms with van der Waals surface area (Å²) in [7, 11) is 0. The molecule has 1 saturated heterocycles. The highest BCUT2D eigenvalue weighted by Gasteiger charge is 2.87. The van der Waals surface area contributed by atoms with E-state index in [0.717, 1.165) is 54.5 Å². The molecule has 4 saturated carbocycles. The Morgan fingerprint density at radius 1 is 1.07 bits per heavy atom. The zero-order valence-electron chi connectivity index (χ0n) is 16.6. The zero-order chi connectivity index (χ0) is 18.2. The van der Waals surface area contributed by atoms with Gasteiger partial charge in [-0.3, -0.25) is 0 Å². The molecule has 3 atom stereocenters. The van der Waals surface area contributed by atoms with Crippen LogP contribution < -0.4 is 4.74 Å². The first-order valence-corrected chi connectivity index (χ1v) is 11.3. The van der Waals surface area contributed by atoms with Crippen LogP contribution in [-0.2, 0) is 5.41 Å². The van der Waals surface area contributed by atoms with Gasteiger partial charge in [0.1, 0.15) is 18.5 Å². The quantitative estimate of drug-likeness (QED) is 0.829. The predicted molar refractivity (Wildman–Crippen MR) is 106 cm³/mol. The molecule has 1 aromatic rings. The molecule has 1 aromatic carbocycles. The van der Waals surface area contributed by atoms with Gasteiger partial charge in [0.2, 0.25) is 0 Å². The largest absolute Gasteiger partial charge is 0.491 e. The summed E-state index contributed by atoms with van der Waals surface area (Å²) in [6, 6.07) is 8.93. The number of piperidine rings is 1. The SMILES string of the molecule is CC1CCN(C[C@@H](O)COc2ccc(C34CC5CC6CC(C3)C654)cc2)CC1. The minimum Gasteiger partial charge on any atom is -0.491 e. The van der Waals surface area contributed by atoms with E-state index in [1.54, 1.807) is 5.56 Å². The van der Waals surface area contributed by atoms with Crippen LogP contribution in [0.15, 0.2) is 24.3 Å². The molecule has 146 valence electrons. The number of β-amino-alcohol motifs (C(OH)–C–C–N with tert-alkyl or cyclic N) is 1. The Balaban J connectivity index is 1.04. The summed E-state index contributed by atoms with van der Waals surface area (Å²) in [5.41, 5.74) is 2.85. The molecule has 1 N–H and O–H groups in total. The van der Waals surface area contributed by atoms with Crippen molar-refractivity contribution in [2.24, 2.45) is 29.1 Å². The Labute approximate surface area is 163 Å².